The standard InChI is InChI=1S/C21H22N2O2/c1-4-20(24)18-12-23(19-8-6-5-7-17(18)19)13-21(25)22-16-10-14(2)9-15(3)11-16/h5-12H,4,13H2,1-3H3,(H,22,25). The number of nitrogens with one attached hydrogen (secondary N) is 1. The number of carbonyl (C=O) groups is 2. The van der Waals surface area contributed by atoms with Crippen molar-refractivity contribution in [3.05, 3.63) is 65.4 Å². The zero-order chi connectivity index (χ0) is 18.0. The average molecular weight is 334 g/mol. The number of hydrogen-bond acceptors (Lipinski definition) is 2. The highest BCUT2D eigenvalue weighted by molar-refractivity contribution is 6.08. The molecule has 0 aliphatic carbocycles. The lowest BCUT2D eigenvalue weighted by Crippen LogP contribution is -2.18. The van der Waals surface area contributed by atoms with Gasteiger partial charge in [-0.15, -0.1) is 0 Å². The van der Waals surface area contributed by atoms with Crippen LogP contribution in [0.5, 0.6) is 0 Å². The highest BCUT2D eigenvalue weighted by Gasteiger charge is 2.15. The Balaban J connectivity index is 1.87. The second-order valence-electron chi connectivity index (χ2n) is 6.39. The van der Waals surface area contributed by atoms with E-state index in [1.165, 1.54) is 0 Å². The number of ketones is 1. The van der Waals surface area contributed by atoms with Gasteiger partial charge in [-0.05, 0) is 43.2 Å². The number of carbonyl (C=O) groups excluding carboxylic acids is 2. The number of aromatic nitrogens is 1. The predicted octanol–water partition coefficient (Wildman–Crippen LogP) is 4.49. The van der Waals surface area contributed by atoms with Gasteiger partial charge < -0.3 is 9.88 Å². The van der Waals surface area contributed by atoms with E-state index in [-0.39, 0.29) is 18.2 Å². The first kappa shape index (κ1) is 17.0. The Hall–Kier alpha value is -2.88. The highest BCUT2D eigenvalue weighted by Crippen LogP contribution is 2.23. The molecular weight excluding hydrogens is 312 g/mol. The zero-order valence-electron chi connectivity index (χ0n) is 14.8. The largest absolute Gasteiger partial charge is 0.337 e. The van der Waals surface area contributed by atoms with Crippen LogP contribution in [0.1, 0.15) is 34.8 Å². The molecule has 0 fully saturated rings. The SMILES string of the molecule is CCC(=O)c1cn(CC(=O)Nc2cc(C)cc(C)c2)c2ccccc12. The van der Waals surface area contributed by atoms with Gasteiger partial charge in [0.05, 0.1) is 0 Å². The van der Waals surface area contributed by atoms with E-state index >= 15 is 0 Å². The Morgan fingerprint density at radius 2 is 1.72 bits per heavy atom. The molecule has 0 aliphatic heterocycles. The molecule has 128 valence electrons. The second kappa shape index (κ2) is 6.93. The van der Waals surface area contributed by atoms with Gasteiger partial charge in [0, 0.05) is 34.8 Å². The van der Waals surface area contributed by atoms with Crippen LogP contribution >= 0.6 is 0 Å². The van der Waals surface area contributed by atoms with Gasteiger partial charge in [0.25, 0.3) is 0 Å². The number of para-hydroxylation sites is 1. The van der Waals surface area contributed by atoms with Gasteiger partial charge in [-0.25, -0.2) is 0 Å². The van der Waals surface area contributed by atoms with Gasteiger partial charge in [-0.2, -0.15) is 0 Å². The number of Topliss-reactive ketones (excluding diaryl/α,β-unsaturated/α-hetero) is 1. The maximum atomic E-state index is 12.5. The molecule has 1 aromatic heterocycles. The molecule has 4 heteroatoms. The van der Waals surface area contributed by atoms with Crippen LogP contribution in [-0.4, -0.2) is 16.3 Å². The molecule has 0 saturated heterocycles. The topological polar surface area (TPSA) is 51.1 Å². The number of anilines is 1. The number of rotatable bonds is 5. The molecule has 1 N–H and O–H groups in total. The summed E-state index contributed by atoms with van der Waals surface area (Å²) in [7, 11) is 0. The lowest BCUT2D eigenvalue weighted by Gasteiger charge is -2.09. The van der Waals surface area contributed by atoms with Crippen LogP contribution in [0.3, 0.4) is 0 Å². The monoisotopic (exact) mass is 334 g/mol. The average Bonchev–Trinajstić information content (AvgIpc) is 2.92. The molecule has 4 nitrogen and oxygen atoms in total. The number of fused-ring (bicyclic) bond motifs is 1. The van der Waals surface area contributed by atoms with E-state index in [9.17, 15) is 9.59 Å². The minimum absolute atomic E-state index is 0.0877. The second-order valence-corrected chi connectivity index (χ2v) is 6.39. The molecule has 3 rings (SSSR count). The predicted molar refractivity (Wildman–Crippen MR) is 101 cm³/mol. The molecule has 2 aromatic carbocycles. The Morgan fingerprint density at radius 3 is 2.40 bits per heavy atom. The smallest absolute Gasteiger partial charge is 0.244 e. The van der Waals surface area contributed by atoms with Gasteiger partial charge in [0.15, 0.2) is 5.78 Å². The van der Waals surface area contributed by atoms with Crippen LogP contribution in [0.15, 0.2) is 48.7 Å². The molecule has 0 radical (unpaired) electrons. The van der Waals surface area contributed by atoms with Crippen molar-refractivity contribution in [3.8, 4) is 0 Å². The Kier molecular flexibility index (Phi) is 4.70. The third-order valence-corrected chi connectivity index (χ3v) is 4.23. The molecule has 0 spiro atoms. The van der Waals surface area contributed by atoms with Crippen molar-refractivity contribution in [1.82, 2.24) is 4.57 Å². The third kappa shape index (κ3) is 3.63. The fourth-order valence-electron chi connectivity index (χ4n) is 3.19. The van der Waals surface area contributed by atoms with Gasteiger partial charge in [-0.1, -0.05) is 31.2 Å². The van der Waals surface area contributed by atoms with E-state index in [1.54, 1.807) is 6.20 Å². The molecule has 1 heterocycles. The number of nitrogens with zero attached hydrogens (tertiary/aromatic N) is 1. The van der Waals surface area contributed by atoms with Crippen molar-refractivity contribution in [2.24, 2.45) is 0 Å². The Morgan fingerprint density at radius 1 is 1.04 bits per heavy atom. The maximum absolute atomic E-state index is 12.5. The van der Waals surface area contributed by atoms with Gasteiger partial charge in [0.1, 0.15) is 6.54 Å². The lowest BCUT2D eigenvalue weighted by atomic mass is 10.1. The number of amides is 1. The van der Waals surface area contributed by atoms with Crippen molar-refractivity contribution >= 4 is 28.3 Å². The molecule has 0 saturated carbocycles. The van der Waals surface area contributed by atoms with E-state index in [1.807, 2.05) is 61.7 Å². The first-order valence-corrected chi connectivity index (χ1v) is 8.47. The summed E-state index contributed by atoms with van der Waals surface area (Å²) < 4.78 is 1.84. The van der Waals surface area contributed by atoms with Crippen molar-refractivity contribution < 1.29 is 9.59 Å². The molecule has 25 heavy (non-hydrogen) atoms. The lowest BCUT2D eigenvalue weighted by molar-refractivity contribution is -0.116. The minimum Gasteiger partial charge on any atom is -0.337 e. The van der Waals surface area contributed by atoms with Crippen LogP contribution in [0, 0.1) is 13.8 Å². The van der Waals surface area contributed by atoms with Crippen molar-refractivity contribution in [1.29, 1.82) is 0 Å². The summed E-state index contributed by atoms with van der Waals surface area (Å²) in [6.45, 7) is 6.03. The maximum Gasteiger partial charge on any atom is 0.244 e. The number of aryl methyl sites for hydroxylation is 2. The quantitative estimate of drug-likeness (QED) is 0.699. The van der Waals surface area contributed by atoms with Gasteiger partial charge >= 0.3 is 0 Å². The van der Waals surface area contributed by atoms with Crippen molar-refractivity contribution in [2.75, 3.05) is 5.32 Å². The fraction of sp³-hybridized carbons (Fsp3) is 0.238. The normalized spacial score (nSPS) is 10.8. The molecule has 1 amide bonds. The number of hydrogen-bond donors (Lipinski definition) is 1. The number of benzene rings is 2. The molecule has 0 unspecified atom stereocenters. The molecule has 0 bridgehead atoms. The minimum atomic E-state index is -0.110. The van der Waals surface area contributed by atoms with Crippen LogP contribution in [0.25, 0.3) is 10.9 Å². The first-order valence-electron chi connectivity index (χ1n) is 8.47. The van der Waals surface area contributed by atoms with Crippen LogP contribution in [-0.2, 0) is 11.3 Å². The van der Waals surface area contributed by atoms with E-state index in [0.29, 0.717) is 12.0 Å². The summed E-state index contributed by atoms with van der Waals surface area (Å²) in [4.78, 5) is 24.7. The van der Waals surface area contributed by atoms with Gasteiger partial charge in [-0.3, -0.25) is 9.59 Å². The molecular formula is C21H22N2O2. The van der Waals surface area contributed by atoms with Gasteiger partial charge in [0.2, 0.25) is 5.91 Å². The Labute approximate surface area is 147 Å². The summed E-state index contributed by atoms with van der Waals surface area (Å²) in [6.07, 6.45) is 2.24. The summed E-state index contributed by atoms with van der Waals surface area (Å²) in [5.74, 6) is -0.0223. The van der Waals surface area contributed by atoms with Crippen molar-refractivity contribution in [3.63, 3.8) is 0 Å². The van der Waals surface area contributed by atoms with E-state index in [4.69, 9.17) is 0 Å². The van der Waals surface area contributed by atoms with Crippen molar-refractivity contribution in [2.45, 2.75) is 33.7 Å². The zero-order valence-corrected chi connectivity index (χ0v) is 14.8. The van der Waals surface area contributed by atoms with E-state index in [2.05, 4.69) is 11.4 Å². The van der Waals surface area contributed by atoms with E-state index in [0.717, 1.165) is 27.7 Å². The van der Waals surface area contributed by atoms with Crippen LogP contribution in [0.4, 0.5) is 5.69 Å². The van der Waals surface area contributed by atoms with E-state index < -0.39 is 0 Å². The molecule has 0 atom stereocenters. The molecule has 3 aromatic rings. The summed E-state index contributed by atoms with van der Waals surface area (Å²) in [5, 5.41) is 3.84. The Bertz CT molecular complexity index is 933. The summed E-state index contributed by atoms with van der Waals surface area (Å²) in [6, 6.07) is 13.7. The first-order chi connectivity index (χ1) is 12.0. The van der Waals surface area contributed by atoms with Crippen LogP contribution < -0.4 is 5.32 Å². The van der Waals surface area contributed by atoms with Crippen LogP contribution in [0.2, 0.25) is 0 Å². The fourth-order valence-corrected chi connectivity index (χ4v) is 3.19. The summed E-state index contributed by atoms with van der Waals surface area (Å²) >= 11 is 0. The summed E-state index contributed by atoms with van der Waals surface area (Å²) in [5.41, 5.74) is 4.59. The molecule has 0 aliphatic rings. The highest BCUT2D eigenvalue weighted by atomic mass is 16.2. The third-order valence-electron chi connectivity index (χ3n) is 4.23.